The van der Waals surface area contributed by atoms with E-state index in [2.05, 4.69) is 14.9 Å². The molecule has 0 aliphatic rings. The van der Waals surface area contributed by atoms with Crippen LogP contribution in [0.25, 0.3) is 0 Å². The molecule has 2 amide bonds. The largest absolute Gasteiger partial charge is 0.368 e. The summed E-state index contributed by atoms with van der Waals surface area (Å²) in [5.74, 6) is -0.966. The molecule has 0 spiro atoms. The minimum Gasteiger partial charge on any atom is -0.368 e. The molecule has 7 heteroatoms. The Labute approximate surface area is 78.3 Å². The lowest BCUT2D eigenvalue weighted by atomic mass is 10.3. The number of hydrogen-bond acceptors (Lipinski definition) is 5. The maximum atomic E-state index is 11.2. The molecule has 13 heavy (non-hydrogen) atoms. The van der Waals surface area contributed by atoms with Crippen molar-refractivity contribution in [2.24, 2.45) is 5.73 Å². The van der Waals surface area contributed by atoms with Crippen molar-refractivity contribution in [1.82, 2.24) is 14.9 Å². The van der Waals surface area contributed by atoms with Gasteiger partial charge >= 0.3 is 0 Å². The number of nitrogens with two attached hydrogens (primary N) is 1. The van der Waals surface area contributed by atoms with Crippen LogP contribution in [0.1, 0.15) is 16.6 Å². The highest BCUT2D eigenvalue weighted by molar-refractivity contribution is 7.07. The summed E-state index contributed by atoms with van der Waals surface area (Å²) in [5.41, 5.74) is 4.96. The molecule has 0 bridgehead atoms. The Hall–Kier alpha value is -1.50. The second-order valence-electron chi connectivity index (χ2n) is 2.38. The van der Waals surface area contributed by atoms with Gasteiger partial charge in [-0.3, -0.25) is 9.59 Å². The van der Waals surface area contributed by atoms with E-state index in [0.717, 1.165) is 11.5 Å². The van der Waals surface area contributed by atoms with E-state index in [0.29, 0.717) is 4.88 Å². The fraction of sp³-hybridized carbons (Fsp3) is 0.333. The molecule has 70 valence electrons. The van der Waals surface area contributed by atoms with Crippen LogP contribution in [0.5, 0.6) is 0 Å². The summed E-state index contributed by atoms with van der Waals surface area (Å²) in [4.78, 5) is 22.2. The third-order valence-corrected chi connectivity index (χ3v) is 2.02. The van der Waals surface area contributed by atoms with Crippen LogP contribution in [0.2, 0.25) is 0 Å². The Morgan fingerprint density at radius 2 is 2.38 bits per heavy atom. The van der Waals surface area contributed by atoms with Gasteiger partial charge in [-0.1, -0.05) is 4.49 Å². The van der Waals surface area contributed by atoms with Crippen molar-refractivity contribution in [3.05, 3.63) is 11.1 Å². The number of nitrogens with one attached hydrogen (secondary N) is 1. The Bertz CT molecular complexity index is 310. The molecular formula is C6H8N4O2S. The molecule has 0 saturated carbocycles. The van der Waals surface area contributed by atoms with Crippen LogP contribution in [0.4, 0.5) is 0 Å². The van der Waals surface area contributed by atoms with E-state index in [9.17, 15) is 9.59 Å². The number of carbonyl (C=O) groups excluding carboxylic acids is 2. The van der Waals surface area contributed by atoms with Crippen molar-refractivity contribution < 1.29 is 9.59 Å². The second-order valence-corrected chi connectivity index (χ2v) is 3.16. The third kappa shape index (κ3) is 2.48. The summed E-state index contributed by atoms with van der Waals surface area (Å²) in [5, 5.41) is 5.89. The van der Waals surface area contributed by atoms with Crippen molar-refractivity contribution in [2.75, 3.05) is 0 Å². The van der Waals surface area contributed by atoms with Gasteiger partial charge in [-0.25, -0.2) is 0 Å². The van der Waals surface area contributed by atoms with Gasteiger partial charge in [0.2, 0.25) is 5.91 Å². The van der Waals surface area contributed by atoms with Crippen LogP contribution >= 0.6 is 11.5 Å². The van der Waals surface area contributed by atoms with Crippen molar-refractivity contribution in [3.63, 3.8) is 0 Å². The van der Waals surface area contributed by atoms with E-state index in [1.54, 1.807) is 0 Å². The van der Waals surface area contributed by atoms with Gasteiger partial charge in [-0.05, 0) is 18.5 Å². The monoisotopic (exact) mass is 200 g/mol. The highest BCUT2D eigenvalue weighted by atomic mass is 32.1. The molecule has 1 aromatic heterocycles. The highest BCUT2D eigenvalue weighted by Gasteiger charge is 2.14. The third-order valence-electron chi connectivity index (χ3n) is 1.36. The summed E-state index contributed by atoms with van der Waals surface area (Å²) >= 11 is 0.959. The van der Waals surface area contributed by atoms with Crippen LogP contribution in [-0.2, 0) is 4.79 Å². The smallest absolute Gasteiger partial charge is 0.265 e. The molecule has 0 aliphatic heterocycles. The predicted molar refractivity (Wildman–Crippen MR) is 46.0 cm³/mol. The molecule has 3 N–H and O–H groups in total. The molecule has 0 aromatic carbocycles. The van der Waals surface area contributed by atoms with E-state index in [-0.39, 0.29) is 5.91 Å². The molecule has 6 nitrogen and oxygen atoms in total. The van der Waals surface area contributed by atoms with Crippen molar-refractivity contribution in [3.8, 4) is 0 Å². The Kier molecular flexibility index (Phi) is 2.91. The van der Waals surface area contributed by atoms with Crippen LogP contribution in [0.15, 0.2) is 6.20 Å². The number of primary amides is 1. The van der Waals surface area contributed by atoms with Gasteiger partial charge in [0.25, 0.3) is 5.91 Å². The average molecular weight is 200 g/mol. The number of aromatic nitrogens is 2. The molecule has 0 fully saturated rings. The summed E-state index contributed by atoms with van der Waals surface area (Å²) in [6.45, 7) is 1.51. The molecule has 1 heterocycles. The van der Waals surface area contributed by atoms with Crippen LogP contribution < -0.4 is 11.1 Å². The zero-order valence-electron chi connectivity index (χ0n) is 6.85. The van der Waals surface area contributed by atoms with E-state index in [1.165, 1.54) is 13.1 Å². The minimum absolute atomic E-state index is 0.355. The van der Waals surface area contributed by atoms with Crippen molar-refractivity contribution >= 4 is 23.3 Å². The fourth-order valence-electron chi connectivity index (χ4n) is 0.606. The van der Waals surface area contributed by atoms with E-state index in [4.69, 9.17) is 5.73 Å². The molecule has 0 saturated heterocycles. The summed E-state index contributed by atoms with van der Waals surface area (Å²) in [7, 11) is 0. The summed E-state index contributed by atoms with van der Waals surface area (Å²) in [6.07, 6.45) is 1.33. The molecular weight excluding hydrogens is 192 g/mol. The van der Waals surface area contributed by atoms with E-state index in [1.807, 2.05) is 0 Å². The Morgan fingerprint density at radius 1 is 1.69 bits per heavy atom. The Morgan fingerprint density at radius 3 is 2.85 bits per heavy atom. The van der Waals surface area contributed by atoms with Crippen LogP contribution in [0, 0.1) is 0 Å². The molecule has 1 atom stereocenters. The number of hydrogen-bond donors (Lipinski definition) is 2. The second kappa shape index (κ2) is 3.94. The van der Waals surface area contributed by atoms with Crippen molar-refractivity contribution in [2.45, 2.75) is 13.0 Å². The highest BCUT2D eigenvalue weighted by Crippen LogP contribution is 2.01. The van der Waals surface area contributed by atoms with Gasteiger partial charge in [0.15, 0.2) is 0 Å². The number of rotatable bonds is 3. The maximum Gasteiger partial charge on any atom is 0.265 e. The maximum absolute atomic E-state index is 11.2. The lowest BCUT2D eigenvalue weighted by Crippen LogP contribution is -2.41. The Balaban J connectivity index is 2.56. The first-order valence-electron chi connectivity index (χ1n) is 3.49. The lowest BCUT2D eigenvalue weighted by Gasteiger charge is -2.07. The van der Waals surface area contributed by atoms with Crippen LogP contribution in [-0.4, -0.2) is 27.4 Å². The SMILES string of the molecule is C[C@H](NC(=O)c1cnns1)C(N)=O. The van der Waals surface area contributed by atoms with Gasteiger partial charge < -0.3 is 11.1 Å². The summed E-state index contributed by atoms with van der Waals surface area (Å²) in [6, 6.07) is -0.686. The van der Waals surface area contributed by atoms with Gasteiger partial charge in [0.05, 0.1) is 6.20 Å². The normalized spacial score (nSPS) is 12.1. The van der Waals surface area contributed by atoms with Gasteiger partial charge in [0, 0.05) is 0 Å². The van der Waals surface area contributed by atoms with Crippen molar-refractivity contribution in [1.29, 1.82) is 0 Å². The topological polar surface area (TPSA) is 98.0 Å². The average Bonchev–Trinajstić information content (AvgIpc) is 2.55. The first-order valence-corrected chi connectivity index (χ1v) is 4.26. The zero-order chi connectivity index (χ0) is 9.84. The number of amides is 2. The van der Waals surface area contributed by atoms with E-state index < -0.39 is 11.9 Å². The van der Waals surface area contributed by atoms with Crippen LogP contribution in [0.3, 0.4) is 0 Å². The van der Waals surface area contributed by atoms with Gasteiger partial charge in [-0.15, -0.1) is 5.10 Å². The molecule has 1 aromatic rings. The standard InChI is InChI=1S/C6H8N4O2S/c1-3(5(7)11)9-6(12)4-2-8-10-13-4/h2-3H,1H3,(H2,7,11)(H,9,12)/t3-/m0/s1. The first-order chi connectivity index (χ1) is 6.11. The van der Waals surface area contributed by atoms with Gasteiger partial charge in [0.1, 0.15) is 10.9 Å². The zero-order valence-corrected chi connectivity index (χ0v) is 7.67. The summed E-state index contributed by atoms with van der Waals surface area (Å²) < 4.78 is 3.51. The molecule has 0 aliphatic carbocycles. The molecule has 1 rings (SSSR count). The fourth-order valence-corrected chi connectivity index (χ4v) is 1.02. The predicted octanol–water partition coefficient (Wildman–Crippen LogP) is -0.858. The van der Waals surface area contributed by atoms with E-state index >= 15 is 0 Å². The lowest BCUT2D eigenvalue weighted by molar-refractivity contribution is -0.119. The number of nitrogens with zero attached hydrogens (tertiary/aromatic N) is 2. The quantitative estimate of drug-likeness (QED) is 0.663. The number of carbonyl (C=O) groups is 2. The van der Waals surface area contributed by atoms with Gasteiger partial charge in [-0.2, -0.15) is 0 Å². The first kappa shape index (κ1) is 9.59. The molecule has 0 unspecified atom stereocenters. The minimum atomic E-state index is -0.686. The molecule has 0 radical (unpaired) electrons.